The van der Waals surface area contributed by atoms with E-state index in [1.54, 1.807) is 23.1 Å². The molecule has 0 atom stereocenters. The summed E-state index contributed by atoms with van der Waals surface area (Å²) in [6.07, 6.45) is 0. The largest absolute Gasteiger partial charge is 0.397 e. The molecule has 1 amide bonds. The first-order chi connectivity index (χ1) is 7.04. The summed E-state index contributed by atoms with van der Waals surface area (Å²) in [5.74, 6) is -0.383. The van der Waals surface area contributed by atoms with Crippen molar-refractivity contribution in [2.75, 3.05) is 23.7 Å². The van der Waals surface area contributed by atoms with E-state index in [2.05, 4.69) is 0 Å². The Morgan fingerprint density at radius 2 is 2.20 bits per heavy atom. The molecule has 15 heavy (non-hydrogen) atoms. The lowest BCUT2D eigenvalue weighted by Crippen LogP contribution is -2.34. The molecule has 0 unspecified atom stereocenters. The number of nitrogens with zero attached hydrogens (tertiary/aromatic N) is 1. The Hall–Kier alpha value is -1.42. The summed E-state index contributed by atoms with van der Waals surface area (Å²) in [7, 11) is 0. The summed E-state index contributed by atoms with van der Waals surface area (Å²) < 4.78 is 0. The molecule has 5 heteroatoms. The normalized spacial score (nSPS) is 10.0. The fraction of sp³-hybridized carbons (Fsp3) is 0.300. The average molecular weight is 228 g/mol. The first-order valence-electron chi connectivity index (χ1n) is 4.63. The Morgan fingerprint density at radius 3 is 2.67 bits per heavy atom. The third-order valence-corrected chi connectivity index (χ3v) is 2.29. The highest BCUT2D eigenvalue weighted by molar-refractivity contribution is 6.31. The summed E-state index contributed by atoms with van der Waals surface area (Å²) in [5, 5.41) is 0.575. The highest BCUT2D eigenvalue weighted by Gasteiger charge is 2.10. The zero-order chi connectivity index (χ0) is 11.4. The van der Waals surface area contributed by atoms with Crippen molar-refractivity contribution in [3.63, 3.8) is 0 Å². The fourth-order valence-corrected chi connectivity index (χ4v) is 1.55. The number of hydrogen-bond donors (Lipinski definition) is 2. The highest BCUT2D eigenvalue weighted by atomic mass is 35.5. The second-order valence-corrected chi connectivity index (χ2v) is 3.62. The molecule has 82 valence electrons. The number of carbonyl (C=O) groups is 1. The lowest BCUT2D eigenvalue weighted by molar-refractivity contribution is -0.116. The summed E-state index contributed by atoms with van der Waals surface area (Å²) in [4.78, 5) is 12.6. The average Bonchev–Trinajstić information content (AvgIpc) is 2.14. The van der Waals surface area contributed by atoms with Crippen LogP contribution in [0.3, 0.4) is 0 Å². The maximum atomic E-state index is 10.8. The number of anilines is 2. The van der Waals surface area contributed by atoms with Gasteiger partial charge < -0.3 is 16.4 Å². The second-order valence-electron chi connectivity index (χ2n) is 3.18. The molecule has 0 bridgehead atoms. The van der Waals surface area contributed by atoms with Crippen LogP contribution in [0.25, 0.3) is 0 Å². The zero-order valence-corrected chi connectivity index (χ0v) is 9.29. The maximum Gasteiger partial charge on any atom is 0.236 e. The lowest BCUT2D eigenvalue weighted by Gasteiger charge is -2.22. The predicted molar refractivity (Wildman–Crippen MR) is 62.9 cm³/mol. The van der Waals surface area contributed by atoms with Crippen molar-refractivity contribution < 1.29 is 4.79 Å². The minimum atomic E-state index is -0.383. The molecule has 0 aromatic heterocycles. The minimum Gasteiger partial charge on any atom is -0.397 e. The zero-order valence-electron chi connectivity index (χ0n) is 8.53. The molecule has 0 radical (unpaired) electrons. The van der Waals surface area contributed by atoms with E-state index < -0.39 is 0 Å². The van der Waals surface area contributed by atoms with Crippen molar-refractivity contribution in [2.45, 2.75) is 6.92 Å². The van der Waals surface area contributed by atoms with Crippen LogP contribution in [0.4, 0.5) is 11.4 Å². The standard InChI is InChI=1S/C10H14ClN3O/c1-2-14(6-10(13)15)9-4-3-7(11)5-8(9)12/h3-5H,2,6,12H2,1H3,(H2,13,15). The van der Waals surface area contributed by atoms with E-state index in [9.17, 15) is 4.79 Å². The van der Waals surface area contributed by atoms with Crippen LogP contribution >= 0.6 is 11.6 Å². The van der Waals surface area contributed by atoms with E-state index in [0.717, 1.165) is 5.69 Å². The number of rotatable bonds is 4. The SMILES string of the molecule is CCN(CC(N)=O)c1ccc(Cl)cc1N. The number of amides is 1. The van der Waals surface area contributed by atoms with E-state index >= 15 is 0 Å². The van der Waals surface area contributed by atoms with Gasteiger partial charge in [0.2, 0.25) is 5.91 Å². The molecule has 0 saturated carbocycles. The molecule has 0 aliphatic carbocycles. The Bertz CT molecular complexity index is 368. The molecule has 1 aromatic rings. The van der Waals surface area contributed by atoms with Crippen molar-refractivity contribution in [1.29, 1.82) is 0 Å². The molecule has 0 heterocycles. The van der Waals surface area contributed by atoms with Crippen LogP contribution in [0.15, 0.2) is 18.2 Å². The van der Waals surface area contributed by atoms with Gasteiger partial charge in [-0.15, -0.1) is 0 Å². The van der Waals surface area contributed by atoms with E-state index in [1.165, 1.54) is 0 Å². The van der Waals surface area contributed by atoms with E-state index in [4.69, 9.17) is 23.1 Å². The van der Waals surface area contributed by atoms with Crippen molar-refractivity contribution in [3.8, 4) is 0 Å². The third-order valence-electron chi connectivity index (χ3n) is 2.06. The van der Waals surface area contributed by atoms with Crippen molar-refractivity contribution in [1.82, 2.24) is 0 Å². The molecular weight excluding hydrogens is 214 g/mol. The van der Waals surface area contributed by atoms with Crippen LogP contribution < -0.4 is 16.4 Å². The number of primary amides is 1. The van der Waals surface area contributed by atoms with Crippen LogP contribution in [0, 0.1) is 0 Å². The van der Waals surface area contributed by atoms with Gasteiger partial charge in [0, 0.05) is 11.6 Å². The first kappa shape index (κ1) is 11.7. The summed E-state index contributed by atoms with van der Waals surface area (Å²) in [6, 6.07) is 5.17. The molecule has 4 nitrogen and oxygen atoms in total. The number of hydrogen-bond acceptors (Lipinski definition) is 3. The Kier molecular flexibility index (Phi) is 3.80. The van der Waals surface area contributed by atoms with Gasteiger partial charge in [-0.3, -0.25) is 4.79 Å². The van der Waals surface area contributed by atoms with Crippen molar-refractivity contribution >= 4 is 28.9 Å². The van der Waals surface area contributed by atoms with Gasteiger partial charge in [-0.25, -0.2) is 0 Å². The monoisotopic (exact) mass is 227 g/mol. The highest BCUT2D eigenvalue weighted by Crippen LogP contribution is 2.26. The molecule has 0 aliphatic heterocycles. The Balaban J connectivity index is 2.96. The summed E-state index contributed by atoms with van der Waals surface area (Å²) in [5.41, 5.74) is 12.3. The fourth-order valence-electron chi connectivity index (χ4n) is 1.37. The number of benzene rings is 1. The molecular formula is C10H14ClN3O. The van der Waals surface area contributed by atoms with Crippen molar-refractivity contribution in [2.24, 2.45) is 5.73 Å². The molecule has 0 spiro atoms. The molecule has 1 rings (SSSR count). The number of carbonyl (C=O) groups excluding carboxylic acids is 1. The van der Waals surface area contributed by atoms with Gasteiger partial charge in [0.05, 0.1) is 17.9 Å². The van der Waals surface area contributed by atoms with E-state index in [0.29, 0.717) is 17.3 Å². The van der Waals surface area contributed by atoms with Gasteiger partial charge in [0.15, 0.2) is 0 Å². The Morgan fingerprint density at radius 1 is 1.53 bits per heavy atom. The van der Waals surface area contributed by atoms with Crippen molar-refractivity contribution in [3.05, 3.63) is 23.2 Å². The van der Waals surface area contributed by atoms with E-state index in [-0.39, 0.29) is 12.5 Å². The first-order valence-corrected chi connectivity index (χ1v) is 5.00. The van der Waals surface area contributed by atoms with Crippen LogP contribution in [0.1, 0.15) is 6.92 Å². The van der Waals surface area contributed by atoms with Crippen LogP contribution in [0.2, 0.25) is 5.02 Å². The molecule has 1 aromatic carbocycles. The van der Waals surface area contributed by atoms with Crippen LogP contribution in [-0.2, 0) is 4.79 Å². The van der Waals surface area contributed by atoms with E-state index in [1.807, 2.05) is 6.92 Å². The molecule has 0 saturated heterocycles. The molecule has 4 N–H and O–H groups in total. The van der Waals surface area contributed by atoms with Crippen LogP contribution in [-0.4, -0.2) is 19.0 Å². The number of nitrogen functional groups attached to an aromatic ring is 1. The number of halogens is 1. The minimum absolute atomic E-state index is 0.155. The van der Waals surface area contributed by atoms with Gasteiger partial charge >= 0.3 is 0 Å². The number of nitrogens with two attached hydrogens (primary N) is 2. The summed E-state index contributed by atoms with van der Waals surface area (Å²) >= 11 is 5.78. The summed E-state index contributed by atoms with van der Waals surface area (Å²) in [6.45, 7) is 2.74. The second kappa shape index (κ2) is 4.89. The maximum absolute atomic E-state index is 10.8. The Labute approximate surface area is 93.8 Å². The quantitative estimate of drug-likeness (QED) is 0.760. The van der Waals surface area contributed by atoms with Gasteiger partial charge in [0.1, 0.15) is 0 Å². The van der Waals surface area contributed by atoms with Gasteiger partial charge in [-0.1, -0.05) is 11.6 Å². The third kappa shape index (κ3) is 3.02. The number of likely N-dealkylation sites (N-methyl/N-ethyl adjacent to an activating group) is 1. The van der Waals surface area contributed by atoms with Gasteiger partial charge in [-0.05, 0) is 25.1 Å². The van der Waals surface area contributed by atoms with Gasteiger partial charge in [0.25, 0.3) is 0 Å². The molecule has 0 aliphatic rings. The smallest absolute Gasteiger partial charge is 0.236 e. The topological polar surface area (TPSA) is 72.3 Å². The van der Waals surface area contributed by atoms with Crippen LogP contribution in [0.5, 0.6) is 0 Å². The predicted octanol–water partition coefficient (Wildman–Crippen LogP) is 1.23. The lowest BCUT2D eigenvalue weighted by atomic mass is 10.2. The van der Waals surface area contributed by atoms with Gasteiger partial charge in [-0.2, -0.15) is 0 Å². The molecule has 0 fully saturated rings.